The summed E-state index contributed by atoms with van der Waals surface area (Å²) in [6.45, 7) is 2.89. The van der Waals surface area contributed by atoms with Crippen LogP contribution in [0.3, 0.4) is 0 Å². The maximum atomic E-state index is 12.9. The number of carbonyl (C=O) groups is 1. The molecule has 1 N–H and O–H groups in total. The quantitative estimate of drug-likeness (QED) is 0.404. The predicted molar refractivity (Wildman–Crippen MR) is 116 cm³/mol. The minimum absolute atomic E-state index is 0.214. The van der Waals surface area contributed by atoms with Gasteiger partial charge in [0.15, 0.2) is 5.11 Å². The molecule has 1 saturated heterocycles. The predicted octanol–water partition coefficient (Wildman–Crippen LogP) is 4.53. The molecule has 0 spiro atoms. The third-order valence-electron chi connectivity index (χ3n) is 4.41. The minimum Gasteiger partial charge on any atom is -0.495 e. The summed E-state index contributed by atoms with van der Waals surface area (Å²) in [5, 5.41) is 3.33. The van der Waals surface area contributed by atoms with Gasteiger partial charge in [0.25, 0.3) is 5.91 Å². The summed E-state index contributed by atoms with van der Waals surface area (Å²) < 4.78 is 11.1. The number of hydrogen-bond donors (Lipinski definition) is 1. The van der Waals surface area contributed by atoms with Crippen molar-refractivity contribution < 1.29 is 14.3 Å². The normalized spacial score (nSPS) is 15.1. The van der Waals surface area contributed by atoms with Crippen molar-refractivity contribution in [1.82, 2.24) is 5.32 Å². The van der Waals surface area contributed by atoms with Crippen LogP contribution in [0.1, 0.15) is 31.7 Å². The van der Waals surface area contributed by atoms with E-state index in [-0.39, 0.29) is 5.91 Å². The monoisotopic (exact) mass is 396 g/mol. The van der Waals surface area contributed by atoms with Crippen molar-refractivity contribution in [1.29, 1.82) is 0 Å². The van der Waals surface area contributed by atoms with E-state index in [0.29, 0.717) is 22.2 Å². The van der Waals surface area contributed by atoms with E-state index in [1.165, 1.54) is 17.7 Å². The summed E-state index contributed by atoms with van der Waals surface area (Å²) in [4.78, 5) is 14.3. The van der Waals surface area contributed by atoms with Gasteiger partial charge in [-0.05, 0) is 54.5 Å². The average molecular weight is 397 g/mol. The summed E-state index contributed by atoms with van der Waals surface area (Å²) in [5.41, 5.74) is 1.93. The molecule has 0 unspecified atom stereocenters. The molecule has 2 aromatic carbocycles. The van der Waals surface area contributed by atoms with Crippen molar-refractivity contribution in [3.8, 4) is 11.5 Å². The highest BCUT2D eigenvalue weighted by molar-refractivity contribution is 7.80. The number of unbranched alkanes of at least 4 members (excludes halogenated alkanes) is 2. The van der Waals surface area contributed by atoms with Crippen LogP contribution in [0.2, 0.25) is 0 Å². The SMILES string of the molecule is CCCCCOc1ccc(/C=C2/NC(=S)N(c3ccccc3OC)C2=O)cc1. The van der Waals surface area contributed by atoms with E-state index in [4.69, 9.17) is 21.7 Å². The van der Waals surface area contributed by atoms with Crippen LogP contribution in [-0.2, 0) is 4.79 Å². The number of para-hydroxylation sites is 2. The molecule has 28 heavy (non-hydrogen) atoms. The molecule has 0 atom stereocenters. The Morgan fingerprint density at radius 3 is 2.57 bits per heavy atom. The number of carbonyl (C=O) groups excluding carboxylic acids is 1. The van der Waals surface area contributed by atoms with Gasteiger partial charge in [-0.3, -0.25) is 4.79 Å². The Labute approximate surface area is 170 Å². The number of ether oxygens (including phenoxy) is 2. The lowest BCUT2D eigenvalue weighted by Gasteiger charge is -2.17. The molecule has 0 aromatic heterocycles. The van der Waals surface area contributed by atoms with Gasteiger partial charge in [-0.1, -0.05) is 44.0 Å². The zero-order chi connectivity index (χ0) is 19.9. The van der Waals surface area contributed by atoms with E-state index in [1.54, 1.807) is 25.3 Å². The fraction of sp³-hybridized carbons (Fsp3) is 0.273. The number of rotatable bonds is 8. The van der Waals surface area contributed by atoms with Crippen molar-refractivity contribution in [2.45, 2.75) is 26.2 Å². The fourth-order valence-corrected chi connectivity index (χ4v) is 3.23. The summed E-state index contributed by atoms with van der Waals surface area (Å²) in [5.74, 6) is 1.20. The molecule has 1 fully saturated rings. The zero-order valence-corrected chi connectivity index (χ0v) is 16.9. The van der Waals surface area contributed by atoms with E-state index >= 15 is 0 Å². The second-order valence-electron chi connectivity index (χ2n) is 6.43. The van der Waals surface area contributed by atoms with Gasteiger partial charge in [-0.25, -0.2) is 4.90 Å². The Morgan fingerprint density at radius 2 is 1.86 bits per heavy atom. The summed E-state index contributed by atoms with van der Waals surface area (Å²) in [6, 6.07) is 15.0. The lowest BCUT2D eigenvalue weighted by Crippen LogP contribution is -2.30. The first kappa shape index (κ1) is 19.9. The molecular weight excluding hydrogens is 372 g/mol. The molecule has 3 rings (SSSR count). The van der Waals surface area contributed by atoms with Crippen molar-refractivity contribution >= 4 is 35.0 Å². The zero-order valence-electron chi connectivity index (χ0n) is 16.1. The maximum Gasteiger partial charge on any atom is 0.281 e. The van der Waals surface area contributed by atoms with Crippen LogP contribution >= 0.6 is 12.2 Å². The number of amides is 1. The van der Waals surface area contributed by atoms with Crippen molar-refractivity contribution in [3.63, 3.8) is 0 Å². The van der Waals surface area contributed by atoms with Crippen LogP contribution in [0.5, 0.6) is 11.5 Å². The van der Waals surface area contributed by atoms with Crippen molar-refractivity contribution in [2.24, 2.45) is 0 Å². The van der Waals surface area contributed by atoms with E-state index in [2.05, 4.69) is 12.2 Å². The second-order valence-corrected chi connectivity index (χ2v) is 6.81. The van der Waals surface area contributed by atoms with E-state index < -0.39 is 0 Å². The van der Waals surface area contributed by atoms with Crippen molar-refractivity contribution in [3.05, 3.63) is 59.8 Å². The average Bonchev–Trinajstić information content (AvgIpc) is 2.99. The third-order valence-corrected chi connectivity index (χ3v) is 4.70. The number of benzene rings is 2. The van der Waals surface area contributed by atoms with Gasteiger partial charge in [-0.2, -0.15) is 0 Å². The first-order valence-electron chi connectivity index (χ1n) is 9.37. The van der Waals surface area contributed by atoms with Crippen LogP contribution in [0.4, 0.5) is 5.69 Å². The topological polar surface area (TPSA) is 50.8 Å². The Bertz CT molecular complexity index is 878. The van der Waals surface area contributed by atoms with E-state index in [1.807, 2.05) is 36.4 Å². The molecule has 2 aromatic rings. The molecule has 1 amide bonds. The number of thiocarbonyl (C=S) groups is 1. The number of anilines is 1. The smallest absolute Gasteiger partial charge is 0.281 e. The number of hydrogen-bond acceptors (Lipinski definition) is 4. The number of nitrogens with one attached hydrogen (secondary N) is 1. The first-order valence-corrected chi connectivity index (χ1v) is 9.78. The molecule has 5 nitrogen and oxygen atoms in total. The summed E-state index contributed by atoms with van der Waals surface area (Å²) >= 11 is 5.37. The molecule has 6 heteroatoms. The van der Waals surface area contributed by atoms with Gasteiger partial charge >= 0.3 is 0 Å². The van der Waals surface area contributed by atoms with Crippen LogP contribution in [0.25, 0.3) is 6.08 Å². The van der Waals surface area contributed by atoms with Gasteiger partial charge in [0, 0.05) is 0 Å². The van der Waals surface area contributed by atoms with E-state index in [9.17, 15) is 4.79 Å². The fourth-order valence-electron chi connectivity index (χ4n) is 2.94. The molecule has 1 aliphatic heterocycles. The molecule has 1 heterocycles. The Morgan fingerprint density at radius 1 is 1.11 bits per heavy atom. The molecule has 0 radical (unpaired) electrons. The largest absolute Gasteiger partial charge is 0.495 e. The number of nitrogens with zero attached hydrogens (tertiary/aromatic N) is 1. The van der Waals surface area contributed by atoms with Crippen LogP contribution in [-0.4, -0.2) is 24.7 Å². The first-order chi connectivity index (χ1) is 13.6. The van der Waals surface area contributed by atoms with Crippen molar-refractivity contribution in [2.75, 3.05) is 18.6 Å². The lowest BCUT2D eigenvalue weighted by molar-refractivity contribution is -0.113. The minimum atomic E-state index is -0.214. The Kier molecular flexibility index (Phi) is 6.66. The molecular formula is C22H24N2O3S. The molecule has 0 bridgehead atoms. The Hall–Kier alpha value is -2.86. The van der Waals surface area contributed by atoms with Crippen LogP contribution in [0, 0.1) is 0 Å². The second kappa shape index (κ2) is 9.37. The third kappa shape index (κ3) is 4.51. The molecule has 0 aliphatic carbocycles. The van der Waals surface area contributed by atoms with Gasteiger partial charge in [-0.15, -0.1) is 0 Å². The summed E-state index contributed by atoms with van der Waals surface area (Å²) in [6.07, 6.45) is 5.17. The lowest BCUT2D eigenvalue weighted by atomic mass is 10.2. The highest BCUT2D eigenvalue weighted by atomic mass is 32.1. The highest BCUT2D eigenvalue weighted by Crippen LogP contribution is 2.31. The standard InChI is InChI=1S/C22H24N2O3S/c1-3-4-7-14-27-17-12-10-16(11-13-17)15-18-21(25)24(22(28)23-18)19-8-5-6-9-20(19)26-2/h5-6,8-13,15H,3-4,7,14H2,1-2H3,(H,23,28)/b18-15+. The molecule has 0 saturated carbocycles. The van der Waals surface area contributed by atoms with Gasteiger partial charge in [0.2, 0.25) is 0 Å². The van der Waals surface area contributed by atoms with Gasteiger partial charge in [0.05, 0.1) is 19.4 Å². The number of methoxy groups -OCH3 is 1. The van der Waals surface area contributed by atoms with Crippen LogP contribution < -0.4 is 19.7 Å². The van der Waals surface area contributed by atoms with Gasteiger partial charge in [0.1, 0.15) is 17.2 Å². The Balaban J connectivity index is 1.73. The maximum absolute atomic E-state index is 12.9. The summed E-state index contributed by atoms with van der Waals surface area (Å²) in [7, 11) is 1.57. The molecule has 1 aliphatic rings. The van der Waals surface area contributed by atoms with Gasteiger partial charge < -0.3 is 14.8 Å². The van der Waals surface area contributed by atoms with E-state index in [0.717, 1.165) is 24.3 Å². The molecule has 146 valence electrons. The van der Waals surface area contributed by atoms with Crippen LogP contribution in [0.15, 0.2) is 54.2 Å². The highest BCUT2D eigenvalue weighted by Gasteiger charge is 2.33.